The van der Waals surface area contributed by atoms with E-state index in [1.54, 1.807) is 6.20 Å². The lowest BCUT2D eigenvalue weighted by molar-refractivity contribution is 0.551. The van der Waals surface area contributed by atoms with Crippen LogP contribution in [0.5, 0.6) is 0 Å². The van der Waals surface area contributed by atoms with E-state index in [2.05, 4.69) is 47.7 Å². The van der Waals surface area contributed by atoms with E-state index in [0.29, 0.717) is 5.82 Å². The summed E-state index contributed by atoms with van der Waals surface area (Å²) in [5.41, 5.74) is 13.4. The average Bonchev–Trinajstić information content (AvgIpc) is 2.76. The van der Waals surface area contributed by atoms with Gasteiger partial charge in [0.1, 0.15) is 5.82 Å². The maximum atomic E-state index is 5.83. The van der Waals surface area contributed by atoms with E-state index in [4.69, 9.17) is 11.6 Å². The molecular weight excluding hydrogens is 226 g/mol. The van der Waals surface area contributed by atoms with Crippen molar-refractivity contribution in [1.82, 2.24) is 15.6 Å². The van der Waals surface area contributed by atoms with Crippen molar-refractivity contribution < 1.29 is 0 Å². The number of anilines is 1. The van der Waals surface area contributed by atoms with Gasteiger partial charge in [0.25, 0.3) is 0 Å². The Morgan fingerprint density at radius 1 is 1.33 bits per heavy atom. The summed E-state index contributed by atoms with van der Waals surface area (Å²) in [6.45, 7) is 4.21. The lowest BCUT2D eigenvalue weighted by Gasteiger charge is -2.18. The molecule has 0 radical (unpaired) electrons. The number of rotatable bonds is 4. The SMILES string of the molecule is Cc1cccc(C)c1CC(NN)c1cn[nH]c1N. The van der Waals surface area contributed by atoms with Gasteiger partial charge in [-0.1, -0.05) is 18.2 Å². The van der Waals surface area contributed by atoms with Gasteiger partial charge in [-0.2, -0.15) is 5.10 Å². The molecule has 5 heteroatoms. The first-order chi connectivity index (χ1) is 8.63. The largest absolute Gasteiger partial charge is 0.384 e. The second-order valence-electron chi connectivity index (χ2n) is 4.53. The highest BCUT2D eigenvalue weighted by Crippen LogP contribution is 2.24. The van der Waals surface area contributed by atoms with Crippen LogP contribution in [0.2, 0.25) is 0 Å². The van der Waals surface area contributed by atoms with Gasteiger partial charge in [0.15, 0.2) is 0 Å². The van der Waals surface area contributed by atoms with Gasteiger partial charge < -0.3 is 5.73 Å². The first-order valence-electron chi connectivity index (χ1n) is 5.93. The molecule has 5 nitrogen and oxygen atoms in total. The van der Waals surface area contributed by atoms with Gasteiger partial charge in [-0.15, -0.1) is 0 Å². The number of aromatic nitrogens is 2. The normalized spacial score (nSPS) is 12.6. The minimum atomic E-state index is -0.0384. The highest BCUT2D eigenvalue weighted by molar-refractivity contribution is 5.42. The number of nitrogens with zero attached hydrogens (tertiary/aromatic N) is 1. The molecule has 1 aromatic carbocycles. The third-order valence-electron chi connectivity index (χ3n) is 3.33. The molecule has 1 aromatic heterocycles. The number of hydrazine groups is 1. The van der Waals surface area contributed by atoms with Crippen LogP contribution < -0.4 is 17.0 Å². The van der Waals surface area contributed by atoms with Gasteiger partial charge in [0.2, 0.25) is 0 Å². The Morgan fingerprint density at radius 2 is 2.00 bits per heavy atom. The van der Waals surface area contributed by atoms with Crippen LogP contribution in [0.25, 0.3) is 0 Å². The molecule has 1 unspecified atom stereocenters. The minimum absolute atomic E-state index is 0.0384. The zero-order valence-corrected chi connectivity index (χ0v) is 10.7. The second kappa shape index (κ2) is 5.20. The van der Waals surface area contributed by atoms with Crippen LogP contribution in [-0.2, 0) is 6.42 Å². The van der Waals surface area contributed by atoms with E-state index in [1.165, 1.54) is 16.7 Å². The molecule has 96 valence electrons. The van der Waals surface area contributed by atoms with Crippen LogP contribution in [0, 0.1) is 13.8 Å². The molecule has 1 atom stereocenters. The Bertz CT molecular complexity index is 512. The summed E-state index contributed by atoms with van der Waals surface area (Å²) in [7, 11) is 0. The van der Waals surface area contributed by atoms with E-state index in [9.17, 15) is 0 Å². The summed E-state index contributed by atoms with van der Waals surface area (Å²) < 4.78 is 0. The van der Waals surface area contributed by atoms with E-state index in [-0.39, 0.29) is 6.04 Å². The summed E-state index contributed by atoms with van der Waals surface area (Å²) >= 11 is 0. The summed E-state index contributed by atoms with van der Waals surface area (Å²) in [5.74, 6) is 6.19. The Morgan fingerprint density at radius 3 is 2.50 bits per heavy atom. The van der Waals surface area contributed by atoms with Gasteiger partial charge in [0, 0.05) is 5.56 Å². The fourth-order valence-corrected chi connectivity index (χ4v) is 2.22. The molecule has 0 aliphatic heterocycles. The van der Waals surface area contributed by atoms with Crippen molar-refractivity contribution in [2.45, 2.75) is 26.3 Å². The van der Waals surface area contributed by atoms with E-state index in [1.807, 2.05) is 0 Å². The molecule has 2 rings (SSSR count). The maximum Gasteiger partial charge on any atom is 0.123 e. The predicted octanol–water partition coefficient (Wildman–Crippen LogP) is 1.36. The minimum Gasteiger partial charge on any atom is -0.384 e. The third kappa shape index (κ3) is 2.37. The Hall–Kier alpha value is -1.85. The van der Waals surface area contributed by atoms with Gasteiger partial charge in [-0.3, -0.25) is 16.4 Å². The molecule has 2 aromatic rings. The van der Waals surface area contributed by atoms with E-state index >= 15 is 0 Å². The molecule has 0 saturated heterocycles. The highest BCUT2D eigenvalue weighted by Gasteiger charge is 2.17. The third-order valence-corrected chi connectivity index (χ3v) is 3.33. The molecule has 1 heterocycles. The van der Waals surface area contributed by atoms with E-state index < -0.39 is 0 Å². The summed E-state index contributed by atoms with van der Waals surface area (Å²) in [6.07, 6.45) is 2.51. The van der Waals surface area contributed by atoms with Gasteiger partial charge >= 0.3 is 0 Å². The Kier molecular flexibility index (Phi) is 3.64. The lowest BCUT2D eigenvalue weighted by Crippen LogP contribution is -2.30. The van der Waals surface area contributed by atoms with Crippen LogP contribution in [0.1, 0.15) is 28.3 Å². The molecule has 18 heavy (non-hydrogen) atoms. The van der Waals surface area contributed by atoms with Crippen molar-refractivity contribution in [3.05, 3.63) is 46.6 Å². The van der Waals surface area contributed by atoms with Crippen LogP contribution in [-0.4, -0.2) is 10.2 Å². The average molecular weight is 245 g/mol. The highest BCUT2D eigenvalue weighted by atomic mass is 15.2. The standard InChI is InChI=1S/C13H19N5/c1-8-4-3-5-9(2)10(8)6-12(17-15)11-7-16-18-13(11)14/h3-5,7,12,17H,6,15H2,1-2H3,(H3,14,16,18). The van der Waals surface area contributed by atoms with Gasteiger partial charge in [-0.25, -0.2) is 0 Å². The monoisotopic (exact) mass is 245 g/mol. The molecule has 0 aliphatic carbocycles. The first-order valence-corrected chi connectivity index (χ1v) is 5.93. The van der Waals surface area contributed by atoms with Crippen molar-refractivity contribution in [3.63, 3.8) is 0 Å². The smallest absolute Gasteiger partial charge is 0.123 e. The number of hydrogen-bond donors (Lipinski definition) is 4. The summed E-state index contributed by atoms with van der Waals surface area (Å²) in [4.78, 5) is 0. The zero-order chi connectivity index (χ0) is 13.1. The first kappa shape index (κ1) is 12.6. The van der Waals surface area contributed by atoms with Gasteiger partial charge in [0.05, 0.1) is 12.2 Å². The van der Waals surface area contributed by atoms with Crippen molar-refractivity contribution in [2.75, 3.05) is 5.73 Å². The number of nitrogens with one attached hydrogen (secondary N) is 2. The molecule has 0 fully saturated rings. The molecule has 0 amide bonds. The number of H-pyrrole nitrogens is 1. The Balaban J connectivity index is 2.29. The molecular formula is C13H19N5. The number of hydrogen-bond acceptors (Lipinski definition) is 4. The number of benzene rings is 1. The van der Waals surface area contributed by atoms with E-state index in [0.717, 1.165) is 12.0 Å². The lowest BCUT2D eigenvalue weighted by atomic mass is 9.94. The zero-order valence-electron chi connectivity index (χ0n) is 10.7. The molecule has 6 N–H and O–H groups in total. The second-order valence-corrected chi connectivity index (χ2v) is 4.53. The topological polar surface area (TPSA) is 92.7 Å². The maximum absolute atomic E-state index is 5.83. The summed E-state index contributed by atoms with van der Waals surface area (Å²) in [5, 5.41) is 6.66. The van der Waals surface area contributed by atoms with Crippen molar-refractivity contribution in [3.8, 4) is 0 Å². The van der Waals surface area contributed by atoms with Crippen molar-refractivity contribution in [1.29, 1.82) is 0 Å². The number of aryl methyl sites for hydroxylation is 2. The fourth-order valence-electron chi connectivity index (χ4n) is 2.22. The van der Waals surface area contributed by atoms with Crippen LogP contribution >= 0.6 is 0 Å². The Labute approximate surface area is 107 Å². The summed E-state index contributed by atoms with van der Waals surface area (Å²) in [6, 6.07) is 6.23. The fraction of sp³-hybridized carbons (Fsp3) is 0.308. The quantitative estimate of drug-likeness (QED) is 0.483. The van der Waals surface area contributed by atoms with Crippen LogP contribution in [0.4, 0.5) is 5.82 Å². The molecule has 0 spiro atoms. The number of nitrogen functional groups attached to an aromatic ring is 1. The van der Waals surface area contributed by atoms with Crippen molar-refractivity contribution >= 4 is 5.82 Å². The molecule has 0 saturated carbocycles. The molecule has 0 bridgehead atoms. The van der Waals surface area contributed by atoms with Crippen molar-refractivity contribution in [2.24, 2.45) is 5.84 Å². The predicted molar refractivity (Wildman–Crippen MR) is 72.7 cm³/mol. The van der Waals surface area contributed by atoms with Crippen LogP contribution in [0.3, 0.4) is 0 Å². The molecule has 0 aliphatic rings. The van der Waals surface area contributed by atoms with Gasteiger partial charge in [-0.05, 0) is 37.0 Å². The number of nitrogens with two attached hydrogens (primary N) is 2. The number of aromatic amines is 1. The van der Waals surface area contributed by atoms with Crippen LogP contribution in [0.15, 0.2) is 24.4 Å².